The number of fused-ring (bicyclic) bond motifs is 2. The molecule has 1 spiro atoms. The standard InChI is InChI=1S/C33H38FN5O5Si/c1-22-30(45(3,4)34)28(14-17-37-21-24(15-18-40)35-36-37)44-33(22)26-19-25(38-16-8-11-29(43-2)31(38)41)12-13-27(26)39(32(33)42)20-23-9-6-5-7-10-23/h5-13,16,19,21-22,28,30,40H,14-15,17-18,20H2,1-4H3/t22-,28+,30-,33+/m0/s1. The molecule has 236 valence electrons. The Labute approximate surface area is 262 Å². The SMILES string of the molecule is COc1cccn(-c2ccc3c(c2)[C@@]2(O[C@H](CCn4cc(CCO)nn4)[C@@H]([Si](C)(C)F)[C@@H]2C)C(=O)N3Cc2ccccc2)c1=O. The first-order valence-electron chi connectivity index (χ1n) is 15.2. The largest absolute Gasteiger partial charge is 0.491 e. The lowest BCUT2D eigenvalue weighted by Gasteiger charge is -2.31. The maximum absolute atomic E-state index is 16.3. The van der Waals surface area contributed by atoms with Gasteiger partial charge in [0.05, 0.1) is 31.1 Å². The molecule has 2 aromatic heterocycles. The Morgan fingerprint density at radius 3 is 2.60 bits per heavy atom. The molecule has 1 amide bonds. The number of hydrogen-bond acceptors (Lipinski definition) is 7. The van der Waals surface area contributed by atoms with E-state index >= 15 is 4.11 Å². The van der Waals surface area contributed by atoms with Gasteiger partial charge in [0.2, 0.25) is 8.41 Å². The minimum absolute atomic E-state index is 0.0287. The Hall–Kier alpha value is -4.13. The fraction of sp³-hybridized carbons (Fsp3) is 0.394. The smallest absolute Gasteiger partial charge is 0.297 e. The molecule has 4 atom stereocenters. The molecule has 12 heteroatoms. The highest BCUT2D eigenvalue weighted by Crippen LogP contribution is 2.60. The van der Waals surface area contributed by atoms with Crippen LogP contribution in [0.2, 0.25) is 18.6 Å². The van der Waals surface area contributed by atoms with Gasteiger partial charge in [-0.3, -0.25) is 18.8 Å². The van der Waals surface area contributed by atoms with Gasteiger partial charge < -0.3 is 23.6 Å². The van der Waals surface area contributed by atoms with Gasteiger partial charge in [0.15, 0.2) is 11.4 Å². The molecular weight excluding hydrogens is 593 g/mol. The Kier molecular flexibility index (Phi) is 8.23. The summed E-state index contributed by atoms with van der Waals surface area (Å²) in [5, 5.41) is 17.5. The molecule has 2 aliphatic heterocycles. The molecule has 45 heavy (non-hydrogen) atoms. The van der Waals surface area contributed by atoms with Crippen LogP contribution < -0.4 is 15.2 Å². The number of methoxy groups -OCH3 is 1. The summed E-state index contributed by atoms with van der Waals surface area (Å²) in [6.07, 6.45) is 3.69. The van der Waals surface area contributed by atoms with Gasteiger partial charge in [-0.1, -0.05) is 42.5 Å². The van der Waals surface area contributed by atoms with Crippen molar-refractivity contribution in [3.8, 4) is 11.4 Å². The molecule has 4 aromatic rings. The molecule has 2 aliphatic rings. The molecule has 0 radical (unpaired) electrons. The third-order valence-corrected chi connectivity index (χ3v) is 11.6. The van der Waals surface area contributed by atoms with Gasteiger partial charge in [0.25, 0.3) is 11.5 Å². The highest BCUT2D eigenvalue weighted by atomic mass is 28.4. The second-order valence-electron chi connectivity index (χ2n) is 12.3. The number of halogens is 1. The van der Waals surface area contributed by atoms with Gasteiger partial charge in [0.1, 0.15) is 0 Å². The van der Waals surface area contributed by atoms with Crippen LogP contribution in [0.25, 0.3) is 5.69 Å². The average molecular weight is 632 g/mol. The first-order valence-corrected chi connectivity index (χ1v) is 18.2. The van der Waals surface area contributed by atoms with Crippen molar-refractivity contribution in [2.75, 3.05) is 18.6 Å². The number of ether oxygens (including phenoxy) is 2. The van der Waals surface area contributed by atoms with Gasteiger partial charge in [-0.25, -0.2) is 0 Å². The minimum atomic E-state index is -3.38. The predicted molar refractivity (Wildman–Crippen MR) is 170 cm³/mol. The Morgan fingerprint density at radius 2 is 1.89 bits per heavy atom. The lowest BCUT2D eigenvalue weighted by Crippen LogP contribution is -2.45. The van der Waals surface area contributed by atoms with Crippen LogP contribution in [-0.4, -0.2) is 58.8 Å². The molecule has 4 heterocycles. The lowest BCUT2D eigenvalue weighted by atomic mass is 9.82. The van der Waals surface area contributed by atoms with Crippen LogP contribution >= 0.6 is 0 Å². The Morgan fingerprint density at radius 1 is 1.11 bits per heavy atom. The molecule has 0 aliphatic carbocycles. The van der Waals surface area contributed by atoms with E-state index in [1.165, 1.54) is 11.7 Å². The van der Waals surface area contributed by atoms with Crippen LogP contribution in [0.3, 0.4) is 0 Å². The van der Waals surface area contributed by atoms with Crippen LogP contribution in [0.4, 0.5) is 9.80 Å². The van der Waals surface area contributed by atoms with Gasteiger partial charge >= 0.3 is 0 Å². The number of amides is 1. The van der Waals surface area contributed by atoms with Gasteiger partial charge in [0, 0.05) is 54.7 Å². The van der Waals surface area contributed by atoms with Gasteiger partial charge in [-0.05, 0) is 55.4 Å². The summed E-state index contributed by atoms with van der Waals surface area (Å²) in [5.74, 6) is -0.527. The zero-order valence-corrected chi connectivity index (χ0v) is 26.9. The normalized spacial score (nSPS) is 22.8. The monoisotopic (exact) mass is 631 g/mol. The van der Waals surface area contributed by atoms with Gasteiger partial charge in [-0.15, -0.1) is 5.10 Å². The zero-order valence-electron chi connectivity index (χ0n) is 25.9. The van der Waals surface area contributed by atoms with E-state index in [1.54, 1.807) is 53.3 Å². The summed E-state index contributed by atoms with van der Waals surface area (Å²) in [5.41, 5.74) is 1.21. The summed E-state index contributed by atoms with van der Waals surface area (Å²) < 4.78 is 31.6. The van der Waals surface area contributed by atoms with E-state index in [0.717, 1.165) is 5.56 Å². The lowest BCUT2D eigenvalue weighted by molar-refractivity contribution is -0.146. The maximum atomic E-state index is 16.3. The number of aryl methyl sites for hydroxylation is 1. The second kappa shape index (κ2) is 12.0. The zero-order chi connectivity index (χ0) is 31.9. The van der Waals surface area contributed by atoms with E-state index < -0.39 is 31.6 Å². The number of aliphatic hydroxyl groups excluding tert-OH is 1. The molecule has 1 N–H and O–H groups in total. The number of carbonyl (C=O) groups is 1. The fourth-order valence-corrected chi connectivity index (χ4v) is 9.69. The van der Waals surface area contributed by atoms with Crippen molar-refractivity contribution in [2.24, 2.45) is 5.92 Å². The summed E-state index contributed by atoms with van der Waals surface area (Å²) in [4.78, 5) is 29.7. The van der Waals surface area contributed by atoms with E-state index in [1.807, 2.05) is 49.4 Å². The van der Waals surface area contributed by atoms with Crippen LogP contribution in [0.15, 0.2) is 77.9 Å². The topological polar surface area (TPSA) is 112 Å². The predicted octanol–water partition coefficient (Wildman–Crippen LogP) is 4.38. The number of pyridine rings is 1. The molecule has 6 rings (SSSR count). The molecule has 0 bridgehead atoms. The third-order valence-electron chi connectivity index (χ3n) is 9.13. The molecule has 1 fully saturated rings. The van der Waals surface area contributed by atoms with Crippen molar-refractivity contribution in [1.82, 2.24) is 19.6 Å². The van der Waals surface area contributed by atoms with Crippen molar-refractivity contribution >= 4 is 20.0 Å². The van der Waals surface area contributed by atoms with E-state index in [0.29, 0.717) is 48.6 Å². The number of hydrogen-bond donors (Lipinski definition) is 1. The summed E-state index contributed by atoms with van der Waals surface area (Å²) in [7, 11) is -1.93. The summed E-state index contributed by atoms with van der Waals surface area (Å²) in [6.45, 7) is 5.98. The number of aliphatic hydroxyl groups is 1. The number of nitrogens with zero attached hydrogens (tertiary/aromatic N) is 5. The van der Waals surface area contributed by atoms with Crippen LogP contribution in [0.5, 0.6) is 5.75 Å². The number of benzene rings is 2. The van der Waals surface area contributed by atoms with Crippen molar-refractivity contribution < 1.29 is 23.5 Å². The molecular formula is C33H38FN5O5Si. The van der Waals surface area contributed by atoms with E-state index in [4.69, 9.17) is 9.47 Å². The van der Waals surface area contributed by atoms with Crippen LogP contribution in [0.1, 0.15) is 30.2 Å². The Bertz CT molecular complexity index is 1760. The summed E-state index contributed by atoms with van der Waals surface area (Å²) >= 11 is 0. The molecule has 10 nitrogen and oxygen atoms in total. The number of anilines is 1. The first-order chi connectivity index (χ1) is 21.6. The summed E-state index contributed by atoms with van der Waals surface area (Å²) in [6, 6.07) is 18.5. The van der Waals surface area contributed by atoms with E-state index in [-0.39, 0.29) is 23.8 Å². The van der Waals surface area contributed by atoms with Crippen molar-refractivity contribution in [2.45, 2.75) is 63.2 Å². The Balaban J connectivity index is 1.45. The number of rotatable bonds is 10. The van der Waals surface area contributed by atoms with Crippen molar-refractivity contribution in [3.05, 3.63) is 100 Å². The molecule has 0 unspecified atom stereocenters. The number of carbonyl (C=O) groups excluding carboxylic acids is 1. The maximum Gasteiger partial charge on any atom is 0.297 e. The quantitative estimate of drug-likeness (QED) is 0.204. The third kappa shape index (κ3) is 5.40. The number of aromatic nitrogens is 4. The molecule has 0 saturated carbocycles. The minimum Gasteiger partial charge on any atom is -0.491 e. The van der Waals surface area contributed by atoms with Crippen molar-refractivity contribution in [1.29, 1.82) is 0 Å². The second-order valence-corrected chi connectivity index (χ2v) is 16.1. The first kappa shape index (κ1) is 30.9. The molecule has 2 aromatic carbocycles. The van der Waals surface area contributed by atoms with Crippen LogP contribution in [-0.2, 0) is 34.6 Å². The fourth-order valence-electron chi connectivity index (χ4n) is 7.15. The highest BCUT2D eigenvalue weighted by Gasteiger charge is 2.66. The van der Waals surface area contributed by atoms with E-state index in [9.17, 15) is 14.7 Å². The van der Waals surface area contributed by atoms with Gasteiger partial charge in [-0.2, -0.15) is 0 Å². The average Bonchev–Trinajstić information content (AvgIpc) is 3.66. The van der Waals surface area contributed by atoms with Crippen molar-refractivity contribution in [3.63, 3.8) is 0 Å². The molecule has 1 saturated heterocycles. The van der Waals surface area contributed by atoms with Crippen LogP contribution in [0, 0.1) is 5.92 Å². The van der Waals surface area contributed by atoms with E-state index in [2.05, 4.69) is 10.3 Å². The highest BCUT2D eigenvalue weighted by molar-refractivity contribution is 6.72.